The third kappa shape index (κ3) is 5.85. The highest BCUT2D eigenvalue weighted by Gasteiger charge is 2.21. The van der Waals surface area contributed by atoms with Gasteiger partial charge in [-0.2, -0.15) is 0 Å². The zero-order valence-electron chi connectivity index (χ0n) is 17.9. The number of halogens is 1. The van der Waals surface area contributed by atoms with Gasteiger partial charge < -0.3 is 4.90 Å². The molecule has 2 heterocycles. The van der Waals surface area contributed by atoms with Gasteiger partial charge in [0.25, 0.3) is 0 Å². The Bertz CT molecular complexity index is 1140. The maximum atomic E-state index is 12.5. The van der Waals surface area contributed by atoms with E-state index in [1.807, 2.05) is 48.2 Å². The van der Waals surface area contributed by atoms with Gasteiger partial charge in [0, 0.05) is 43.9 Å². The maximum Gasteiger partial charge on any atom is 0.323 e. The fraction of sp³-hybridized carbons (Fsp3) is 0.240. The first-order chi connectivity index (χ1) is 15.6. The van der Waals surface area contributed by atoms with E-state index in [2.05, 4.69) is 44.2 Å². The van der Waals surface area contributed by atoms with Gasteiger partial charge in [-0.3, -0.25) is 15.2 Å². The molecule has 0 bridgehead atoms. The van der Waals surface area contributed by atoms with Crippen molar-refractivity contribution in [3.05, 3.63) is 88.3 Å². The van der Waals surface area contributed by atoms with Crippen LogP contribution in [0.5, 0.6) is 0 Å². The summed E-state index contributed by atoms with van der Waals surface area (Å²) in [6.07, 6.45) is 3.21. The minimum Gasteiger partial charge on any atom is -0.322 e. The van der Waals surface area contributed by atoms with Gasteiger partial charge >= 0.3 is 6.03 Å². The van der Waals surface area contributed by atoms with Crippen molar-refractivity contribution in [2.45, 2.75) is 13.5 Å². The van der Waals surface area contributed by atoms with Crippen molar-refractivity contribution >= 4 is 23.4 Å². The van der Waals surface area contributed by atoms with Crippen LogP contribution in [-0.2, 0) is 6.54 Å². The molecule has 2 aromatic carbocycles. The van der Waals surface area contributed by atoms with Crippen LogP contribution < -0.4 is 5.32 Å². The van der Waals surface area contributed by atoms with Crippen LogP contribution >= 0.6 is 11.6 Å². The van der Waals surface area contributed by atoms with Crippen molar-refractivity contribution in [2.24, 2.45) is 0 Å². The number of aryl methyl sites for hydroxylation is 1. The highest BCUT2D eigenvalue weighted by atomic mass is 35.5. The lowest BCUT2D eigenvalue weighted by atomic mass is 10.1. The van der Waals surface area contributed by atoms with Gasteiger partial charge in [-0.25, -0.2) is 9.78 Å². The number of rotatable bonds is 3. The van der Waals surface area contributed by atoms with Gasteiger partial charge in [-0.15, -0.1) is 0 Å². The summed E-state index contributed by atoms with van der Waals surface area (Å²) in [5, 5.41) is 3.47. The largest absolute Gasteiger partial charge is 0.323 e. The molecule has 0 atom stereocenters. The molecule has 6 nitrogen and oxygen atoms in total. The second-order valence-corrected chi connectivity index (χ2v) is 8.07. The SMILES string of the molecule is Cc1cnc(NC(=O)N2CCN(Cc3cccc(C#Cc4ccccc4Cl)c3)CC2)cn1. The summed E-state index contributed by atoms with van der Waals surface area (Å²) in [6, 6.07) is 15.7. The number of benzene rings is 2. The summed E-state index contributed by atoms with van der Waals surface area (Å²) in [4.78, 5) is 25.0. The van der Waals surface area contributed by atoms with Crippen LogP contribution in [0, 0.1) is 18.8 Å². The normalized spacial score (nSPS) is 13.9. The first-order valence-corrected chi connectivity index (χ1v) is 10.9. The van der Waals surface area contributed by atoms with Crippen LogP contribution in [0.25, 0.3) is 0 Å². The summed E-state index contributed by atoms with van der Waals surface area (Å²) >= 11 is 6.19. The summed E-state index contributed by atoms with van der Waals surface area (Å²) in [5.41, 5.74) is 3.80. The molecule has 1 N–H and O–H groups in total. The van der Waals surface area contributed by atoms with Crippen LogP contribution in [0.4, 0.5) is 10.6 Å². The van der Waals surface area contributed by atoms with Crippen LogP contribution in [0.15, 0.2) is 60.9 Å². The molecule has 1 saturated heterocycles. The molecule has 0 spiro atoms. The number of carbonyl (C=O) groups excluding carboxylic acids is 1. The highest BCUT2D eigenvalue weighted by molar-refractivity contribution is 6.31. The van der Waals surface area contributed by atoms with Crippen LogP contribution in [0.2, 0.25) is 5.02 Å². The van der Waals surface area contributed by atoms with E-state index < -0.39 is 0 Å². The van der Waals surface area contributed by atoms with Crippen molar-refractivity contribution in [2.75, 3.05) is 31.5 Å². The van der Waals surface area contributed by atoms with E-state index in [9.17, 15) is 4.79 Å². The molecule has 7 heteroatoms. The van der Waals surface area contributed by atoms with Crippen molar-refractivity contribution in [3.63, 3.8) is 0 Å². The summed E-state index contributed by atoms with van der Waals surface area (Å²) < 4.78 is 0. The topological polar surface area (TPSA) is 61.4 Å². The fourth-order valence-corrected chi connectivity index (χ4v) is 3.65. The maximum absolute atomic E-state index is 12.5. The van der Waals surface area contributed by atoms with Crippen LogP contribution in [-0.4, -0.2) is 52.0 Å². The Morgan fingerprint density at radius 3 is 2.59 bits per heavy atom. The van der Waals surface area contributed by atoms with E-state index in [1.165, 1.54) is 5.56 Å². The molecule has 1 aliphatic heterocycles. The predicted octanol–water partition coefficient (Wildman–Crippen LogP) is 4.19. The molecule has 2 amide bonds. The van der Waals surface area contributed by atoms with Crippen molar-refractivity contribution < 1.29 is 4.79 Å². The minimum atomic E-state index is -0.139. The molecule has 1 fully saturated rings. The quantitative estimate of drug-likeness (QED) is 0.614. The van der Waals surface area contributed by atoms with Crippen molar-refractivity contribution in [1.29, 1.82) is 0 Å². The molecule has 162 valence electrons. The minimum absolute atomic E-state index is 0.139. The van der Waals surface area contributed by atoms with Crippen LogP contribution in [0.1, 0.15) is 22.4 Å². The lowest BCUT2D eigenvalue weighted by Gasteiger charge is -2.34. The molecule has 0 unspecified atom stereocenters. The summed E-state index contributed by atoms with van der Waals surface area (Å²) in [7, 11) is 0. The average molecular weight is 446 g/mol. The molecular formula is C25H24ClN5O. The standard InChI is InChI=1S/C25H24ClN5O/c1-19-16-28-24(17-27-19)29-25(32)31-13-11-30(12-14-31)18-21-6-4-5-20(15-21)9-10-22-7-2-3-8-23(22)26/h2-8,15-17H,11-14,18H2,1H3,(H,28,29,32). The molecule has 3 aromatic rings. The third-order valence-electron chi connectivity index (χ3n) is 5.22. The number of anilines is 1. The van der Waals surface area contributed by atoms with Crippen molar-refractivity contribution in [1.82, 2.24) is 19.8 Å². The Morgan fingerprint density at radius 1 is 1.03 bits per heavy atom. The molecule has 32 heavy (non-hydrogen) atoms. The number of nitrogens with one attached hydrogen (secondary N) is 1. The Balaban J connectivity index is 1.31. The van der Waals surface area contributed by atoms with Crippen LogP contribution in [0.3, 0.4) is 0 Å². The summed E-state index contributed by atoms with van der Waals surface area (Å²) in [6.45, 7) is 5.62. The number of aromatic nitrogens is 2. The third-order valence-corrected chi connectivity index (χ3v) is 5.55. The van der Waals surface area contributed by atoms with Gasteiger partial charge in [0.2, 0.25) is 0 Å². The number of hydrogen-bond donors (Lipinski definition) is 1. The lowest BCUT2D eigenvalue weighted by molar-refractivity contribution is 0.143. The van der Waals surface area contributed by atoms with E-state index in [1.54, 1.807) is 12.4 Å². The number of nitrogens with zero attached hydrogens (tertiary/aromatic N) is 4. The molecule has 1 aromatic heterocycles. The monoisotopic (exact) mass is 445 g/mol. The molecule has 0 radical (unpaired) electrons. The number of urea groups is 1. The van der Waals surface area contributed by atoms with E-state index in [0.29, 0.717) is 23.9 Å². The second kappa shape index (κ2) is 10.3. The first kappa shape index (κ1) is 21.8. The van der Waals surface area contributed by atoms with E-state index in [-0.39, 0.29) is 6.03 Å². The number of carbonyl (C=O) groups is 1. The lowest BCUT2D eigenvalue weighted by Crippen LogP contribution is -2.49. The number of piperazine rings is 1. The number of hydrogen-bond acceptors (Lipinski definition) is 4. The Kier molecular flexibility index (Phi) is 7.00. The van der Waals surface area contributed by atoms with E-state index in [0.717, 1.165) is 36.5 Å². The Morgan fingerprint density at radius 2 is 1.84 bits per heavy atom. The first-order valence-electron chi connectivity index (χ1n) is 10.5. The Hall–Kier alpha value is -3.40. The average Bonchev–Trinajstić information content (AvgIpc) is 2.81. The van der Waals surface area contributed by atoms with Gasteiger partial charge in [0.05, 0.1) is 23.1 Å². The molecule has 0 aliphatic carbocycles. The van der Waals surface area contributed by atoms with Gasteiger partial charge in [-0.05, 0) is 36.8 Å². The molecular weight excluding hydrogens is 422 g/mol. The molecule has 0 saturated carbocycles. The summed E-state index contributed by atoms with van der Waals surface area (Å²) in [5.74, 6) is 6.82. The zero-order valence-corrected chi connectivity index (χ0v) is 18.6. The van der Waals surface area contributed by atoms with Gasteiger partial charge in [0.15, 0.2) is 5.82 Å². The smallest absolute Gasteiger partial charge is 0.322 e. The van der Waals surface area contributed by atoms with Gasteiger partial charge in [-0.1, -0.05) is 47.7 Å². The number of amides is 2. The molecule has 1 aliphatic rings. The van der Waals surface area contributed by atoms with E-state index >= 15 is 0 Å². The van der Waals surface area contributed by atoms with Crippen molar-refractivity contribution in [3.8, 4) is 11.8 Å². The molecule has 4 rings (SSSR count). The highest BCUT2D eigenvalue weighted by Crippen LogP contribution is 2.15. The predicted molar refractivity (Wildman–Crippen MR) is 127 cm³/mol. The fourth-order valence-electron chi connectivity index (χ4n) is 3.46. The zero-order chi connectivity index (χ0) is 22.3. The Labute approximate surface area is 193 Å². The second-order valence-electron chi connectivity index (χ2n) is 7.67. The van der Waals surface area contributed by atoms with Gasteiger partial charge in [0.1, 0.15) is 0 Å². The van der Waals surface area contributed by atoms with E-state index in [4.69, 9.17) is 11.6 Å².